The van der Waals surface area contributed by atoms with Crippen LogP contribution < -0.4 is 10.2 Å². The molecule has 1 aromatic rings. The molecule has 21 heavy (non-hydrogen) atoms. The Bertz CT molecular complexity index is 443. The Morgan fingerprint density at radius 2 is 1.67 bits per heavy atom. The molecule has 1 heterocycles. The SMILES string of the molecule is CC(C)(C)NCc1cc(Cl)ccc1N1CCCCCCC1. The Morgan fingerprint density at radius 1 is 1.05 bits per heavy atom. The van der Waals surface area contributed by atoms with Crippen LogP contribution in [0.15, 0.2) is 18.2 Å². The number of benzene rings is 1. The molecule has 1 fully saturated rings. The number of halogens is 1. The van der Waals surface area contributed by atoms with Gasteiger partial charge < -0.3 is 10.2 Å². The second-order valence-corrected chi connectivity index (χ2v) is 7.57. The van der Waals surface area contributed by atoms with Crippen molar-refractivity contribution in [2.75, 3.05) is 18.0 Å². The number of hydrogen-bond donors (Lipinski definition) is 1. The Kier molecular flexibility index (Phi) is 5.95. The smallest absolute Gasteiger partial charge is 0.0412 e. The third-order valence-corrected chi connectivity index (χ3v) is 4.28. The molecular formula is C18H29ClN2. The highest BCUT2D eigenvalue weighted by molar-refractivity contribution is 6.30. The van der Waals surface area contributed by atoms with Gasteiger partial charge in [-0.2, -0.15) is 0 Å². The predicted octanol–water partition coefficient (Wildman–Crippen LogP) is 5.00. The lowest BCUT2D eigenvalue weighted by molar-refractivity contribution is 0.424. The fourth-order valence-corrected chi connectivity index (χ4v) is 3.05. The molecule has 1 aliphatic rings. The summed E-state index contributed by atoms with van der Waals surface area (Å²) in [5, 5.41) is 4.42. The van der Waals surface area contributed by atoms with Crippen LogP contribution in [0.2, 0.25) is 5.02 Å². The molecule has 2 nitrogen and oxygen atoms in total. The molecule has 1 N–H and O–H groups in total. The zero-order valence-electron chi connectivity index (χ0n) is 13.7. The first kappa shape index (κ1) is 16.6. The van der Waals surface area contributed by atoms with E-state index in [9.17, 15) is 0 Å². The highest BCUT2D eigenvalue weighted by Crippen LogP contribution is 2.27. The van der Waals surface area contributed by atoms with Crippen LogP contribution in [0.3, 0.4) is 0 Å². The maximum atomic E-state index is 6.22. The molecule has 3 heteroatoms. The zero-order valence-corrected chi connectivity index (χ0v) is 14.5. The number of nitrogens with zero attached hydrogens (tertiary/aromatic N) is 1. The molecule has 0 bridgehead atoms. The number of anilines is 1. The molecule has 1 aliphatic heterocycles. The zero-order chi connectivity index (χ0) is 15.3. The van der Waals surface area contributed by atoms with E-state index in [-0.39, 0.29) is 5.54 Å². The minimum absolute atomic E-state index is 0.121. The van der Waals surface area contributed by atoms with Gasteiger partial charge in [0.2, 0.25) is 0 Å². The van der Waals surface area contributed by atoms with Crippen molar-refractivity contribution in [1.29, 1.82) is 0 Å². The van der Waals surface area contributed by atoms with Crippen molar-refractivity contribution in [3.05, 3.63) is 28.8 Å². The van der Waals surface area contributed by atoms with Crippen molar-refractivity contribution < 1.29 is 0 Å². The second-order valence-electron chi connectivity index (χ2n) is 7.13. The molecule has 1 saturated heterocycles. The van der Waals surface area contributed by atoms with Crippen LogP contribution in [0.5, 0.6) is 0 Å². The molecular weight excluding hydrogens is 280 g/mol. The fourth-order valence-electron chi connectivity index (χ4n) is 2.85. The minimum Gasteiger partial charge on any atom is -0.371 e. The van der Waals surface area contributed by atoms with E-state index in [2.05, 4.69) is 43.1 Å². The molecule has 0 radical (unpaired) electrons. The van der Waals surface area contributed by atoms with E-state index in [0.717, 1.165) is 11.6 Å². The van der Waals surface area contributed by atoms with Gasteiger partial charge in [-0.1, -0.05) is 30.9 Å². The van der Waals surface area contributed by atoms with Crippen LogP contribution in [-0.2, 0) is 6.54 Å². The van der Waals surface area contributed by atoms with Gasteiger partial charge >= 0.3 is 0 Å². The van der Waals surface area contributed by atoms with Gasteiger partial charge in [-0.25, -0.2) is 0 Å². The van der Waals surface area contributed by atoms with Crippen LogP contribution in [0, 0.1) is 0 Å². The first-order valence-electron chi connectivity index (χ1n) is 8.24. The van der Waals surface area contributed by atoms with Crippen molar-refractivity contribution >= 4 is 17.3 Å². The average Bonchev–Trinajstić information content (AvgIpc) is 2.36. The highest BCUT2D eigenvalue weighted by Gasteiger charge is 2.15. The lowest BCUT2D eigenvalue weighted by atomic mass is 10.0. The summed E-state index contributed by atoms with van der Waals surface area (Å²) >= 11 is 6.22. The van der Waals surface area contributed by atoms with Gasteiger partial charge in [0.25, 0.3) is 0 Å². The van der Waals surface area contributed by atoms with E-state index in [0.29, 0.717) is 0 Å². The van der Waals surface area contributed by atoms with Gasteiger partial charge in [-0.15, -0.1) is 0 Å². The molecule has 0 aliphatic carbocycles. The van der Waals surface area contributed by atoms with Gasteiger partial charge in [-0.05, 0) is 57.4 Å². The summed E-state index contributed by atoms with van der Waals surface area (Å²) in [4.78, 5) is 2.55. The lowest BCUT2D eigenvalue weighted by Crippen LogP contribution is -2.36. The summed E-state index contributed by atoms with van der Waals surface area (Å²) in [6, 6.07) is 6.34. The fraction of sp³-hybridized carbons (Fsp3) is 0.667. The van der Waals surface area contributed by atoms with E-state index in [1.54, 1.807) is 0 Å². The average molecular weight is 309 g/mol. The van der Waals surface area contributed by atoms with Crippen LogP contribution in [0.4, 0.5) is 5.69 Å². The van der Waals surface area contributed by atoms with Crippen molar-refractivity contribution in [2.45, 2.75) is 65.0 Å². The quantitative estimate of drug-likeness (QED) is 0.845. The number of hydrogen-bond acceptors (Lipinski definition) is 2. The van der Waals surface area contributed by atoms with Crippen molar-refractivity contribution in [2.24, 2.45) is 0 Å². The summed E-state index contributed by atoms with van der Waals surface area (Å²) in [5.74, 6) is 0. The van der Waals surface area contributed by atoms with Crippen molar-refractivity contribution in [3.8, 4) is 0 Å². The minimum atomic E-state index is 0.121. The molecule has 0 amide bonds. The molecule has 0 atom stereocenters. The van der Waals surface area contributed by atoms with Gasteiger partial charge in [-0.3, -0.25) is 0 Å². The molecule has 0 unspecified atom stereocenters. The van der Waals surface area contributed by atoms with E-state index < -0.39 is 0 Å². The number of rotatable bonds is 3. The number of nitrogens with one attached hydrogen (secondary N) is 1. The monoisotopic (exact) mass is 308 g/mol. The van der Waals surface area contributed by atoms with Crippen molar-refractivity contribution in [1.82, 2.24) is 5.32 Å². The molecule has 2 rings (SSSR count). The summed E-state index contributed by atoms with van der Waals surface area (Å²) in [6.45, 7) is 9.82. The second kappa shape index (κ2) is 7.51. The molecule has 1 aromatic carbocycles. The topological polar surface area (TPSA) is 15.3 Å². The largest absolute Gasteiger partial charge is 0.371 e. The van der Waals surface area contributed by atoms with Gasteiger partial charge in [0.15, 0.2) is 0 Å². The highest BCUT2D eigenvalue weighted by atomic mass is 35.5. The van der Waals surface area contributed by atoms with Gasteiger partial charge in [0, 0.05) is 35.9 Å². The van der Waals surface area contributed by atoms with Gasteiger partial charge in [0.1, 0.15) is 0 Å². The van der Waals surface area contributed by atoms with Gasteiger partial charge in [0.05, 0.1) is 0 Å². The predicted molar refractivity (Wildman–Crippen MR) is 93.3 cm³/mol. The first-order chi connectivity index (χ1) is 9.96. The first-order valence-corrected chi connectivity index (χ1v) is 8.62. The third-order valence-electron chi connectivity index (χ3n) is 4.05. The Hall–Kier alpha value is -0.730. The molecule has 0 spiro atoms. The standard InChI is InChI=1S/C18H29ClN2/c1-18(2,3)20-14-15-13-16(19)9-10-17(15)21-11-7-5-4-6-8-12-21/h9-10,13,20H,4-8,11-12,14H2,1-3H3. The van der Waals surface area contributed by atoms with Crippen molar-refractivity contribution in [3.63, 3.8) is 0 Å². The normalized spacial score (nSPS) is 17.4. The molecule has 0 aromatic heterocycles. The Labute approximate surface area is 134 Å². The lowest BCUT2D eigenvalue weighted by Gasteiger charge is -2.30. The summed E-state index contributed by atoms with van der Waals surface area (Å²) in [6.07, 6.45) is 6.72. The van der Waals surface area contributed by atoms with Crippen LogP contribution in [0.25, 0.3) is 0 Å². The summed E-state index contributed by atoms with van der Waals surface area (Å²) < 4.78 is 0. The van der Waals surface area contributed by atoms with E-state index >= 15 is 0 Å². The van der Waals surface area contributed by atoms with Crippen LogP contribution in [-0.4, -0.2) is 18.6 Å². The van der Waals surface area contributed by atoms with E-state index in [4.69, 9.17) is 11.6 Å². The van der Waals surface area contributed by atoms with E-state index in [1.807, 2.05) is 6.07 Å². The summed E-state index contributed by atoms with van der Waals surface area (Å²) in [5.41, 5.74) is 2.80. The van der Waals surface area contributed by atoms with Crippen LogP contribution in [0.1, 0.15) is 58.4 Å². The third kappa shape index (κ3) is 5.52. The molecule has 0 saturated carbocycles. The summed E-state index contributed by atoms with van der Waals surface area (Å²) in [7, 11) is 0. The maximum Gasteiger partial charge on any atom is 0.0412 e. The van der Waals surface area contributed by atoms with Crippen LogP contribution >= 0.6 is 11.6 Å². The maximum absolute atomic E-state index is 6.22. The Balaban J connectivity index is 2.16. The van der Waals surface area contributed by atoms with E-state index in [1.165, 1.54) is 56.4 Å². The molecule has 118 valence electrons. The Morgan fingerprint density at radius 3 is 2.29 bits per heavy atom.